The van der Waals surface area contributed by atoms with Gasteiger partial charge in [-0.15, -0.1) is 25.5 Å². The maximum Gasteiger partial charge on any atom is 0.410 e. The fraction of sp³-hybridized carbons (Fsp3) is 0.711. The molecule has 0 bridgehead atoms. The molecule has 5 fully saturated rings. The SMILES string of the molecule is CC(C)(C)OC(=O)N1CCCC(C=O)CC1.CCC[C@H](C)Oc1nc(N)c2ncc(C(O)C3CCCNCC3)n2n1.CCC[C@H](C)Oc1nc(N)c2ncc(CC3CCCNCC3)n2n1.CCC[C@H](C)Oc1nc(N)c2ncc(CC3CCCNCC3)n2n1.[2H]N(C[B][B])c1nc(O[C@@H](C)CCC)nn2c(C(O)C3CCCN(C(=O)OC(C)(C)C)CC3)cnc12.[2H]N(C[B][B])c1nc(O[C@@H](C)CCC)nn2ccnc12. The summed E-state index contributed by atoms with van der Waals surface area (Å²) in [6.45, 7) is 40.3. The second-order valence-electron chi connectivity index (χ2n) is 39.8. The summed E-state index contributed by atoms with van der Waals surface area (Å²) in [6.07, 6.45) is 36.0. The number of imidazole rings is 5. The highest BCUT2D eigenvalue weighted by molar-refractivity contribution is 6.90. The van der Waals surface area contributed by atoms with Crippen LogP contribution in [0.25, 0.3) is 28.2 Å². The van der Waals surface area contributed by atoms with E-state index in [-0.39, 0.29) is 103 Å². The zero-order valence-corrected chi connectivity index (χ0v) is 87.3. The van der Waals surface area contributed by atoms with Crippen molar-refractivity contribution in [3.05, 3.63) is 60.0 Å². The first-order valence-corrected chi connectivity index (χ1v) is 51.9. The van der Waals surface area contributed by atoms with Crippen molar-refractivity contribution in [2.24, 2.45) is 29.6 Å². The zero-order chi connectivity index (χ0) is 105. The zero-order valence-electron chi connectivity index (χ0n) is 89.3. The van der Waals surface area contributed by atoms with Crippen molar-refractivity contribution in [2.45, 2.75) is 338 Å². The van der Waals surface area contributed by atoms with Gasteiger partial charge in [-0.2, -0.15) is 24.9 Å². The van der Waals surface area contributed by atoms with Crippen molar-refractivity contribution in [2.75, 3.05) is 106 Å². The first kappa shape index (κ1) is 111. The van der Waals surface area contributed by atoms with E-state index in [0.717, 1.165) is 196 Å². The molecular weight excluding hydrogens is 1820 g/mol. The van der Waals surface area contributed by atoms with E-state index in [2.05, 4.69) is 126 Å². The summed E-state index contributed by atoms with van der Waals surface area (Å²) in [6, 6.07) is 1.24. The van der Waals surface area contributed by atoms with Gasteiger partial charge in [0.1, 0.15) is 29.7 Å². The number of likely N-dealkylation sites (tertiary alicyclic amines) is 2. The molecule has 5 aliphatic heterocycles. The largest absolute Gasteiger partial charge is 0.459 e. The number of ether oxygens (including phenoxy) is 7. The number of aliphatic hydroxyl groups excluding tert-OH is 2. The van der Waals surface area contributed by atoms with Crippen LogP contribution in [0.3, 0.4) is 0 Å². The predicted molar refractivity (Wildman–Crippen MR) is 556 cm³/mol. The van der Waals surface area contributed by atoms with Crippen molar-refractivity contribution in [3.8, 4) is 30.1 Å². The fourth-order valence-corrected chi connectivity index (χ4v) is 17.8. The number of aldehydes is 1. The third-order valence-electron chi connectivity index (χ3n) is 25.1. The molecule has 0 aliphatic carbocycles. The number of aliphatic hydroxyl groups is 2. The van der Waals surface area contributed by atoms with E-state index in [1.165, 1.54) is 57.4 Å². The number of hydrogen-bond donors (Lipinski definition) is 10. The number of nitrogens with one attached hydrogen (secondary N) is 5. The first-order valence-electron chi connectivity index (χ1n) is 52.8. The van der Waals surface area contributed by atoms with Crippen LogP contribution in [-0.4, -0.2) is 286 Å². The molecule has 780 valence electrons. The molecule has 15 rings (SSSR count). The maximum atomic E-state index is 12.5. The number of carbonyl (C=O) groups excluding carboxylic acids is 3. The second kappa shape index (κ2) is 57.6. The van der Waals surface area contributed by atoms with Gasteiger partial charge >= 0.3 is 42.2 Å². The number of nitrogen functional groups attached to an aromatic ring is 3. The fourth-order valence-electron chi connectivity index (χ4n) is 17.8. The Bertz CT molecular complexity index is 5440. The van der Waals surface area contributed by atoms with Crippen LogP contribution < -0.4 is 67.5 Å². The van der Waals surface area contributed by atoms with Gasteiger partial charge in [0, 0.05) is 60.0 Å². The number of carbonyl (C=O) groups is 3. The molecule has 143 heavy (non-hydrogen) atoms. The third-order valence-corrected chi connectivity index (χ3v) is 25.1. The van der Waals surface area contributed by atoms with Crippen molar-refractivity contribution in [1.82, 2.24) is 124 Å². The number of amides is 2. The topological polar surface area (TPSA) is 516 Å². The van der Waals surface area contributed by atoms with Gasteiger partial charge in [0.05, 0.1) is 92.4 Å². The summed E-state index contributed by atoms with van der Waals surface area (Å²) in [7, 11) is 13.6. The van der Waals surface area contributed by atoms with Crippen LogP contribution in [-0.2, 0) is 27.1 Å². The van der Waals surface area contributed by atoms with Gasteiger partial charge in [0.2, 0.25) is 0 Å². The van der Waals surface area contributed by atoms with E-state index in [1.54, 1.807) is 43.6 Å². The highest BCUT2D eigenvalue weighted by Crippen LogP contribution is 2.36. The van der Waals surface area contributed by atoms with Crippen molar-refractivity contribution < 1.29 is 60.6 Å². The van der Waals surface area contributed by atoms with Crippen LogP contribution in [0.1, 0.15) is 306 Å². The van der Waals surface area contributed by atoms with E-state index in [0.29, 0.717) is 114 Å². The summed E-state index contributed by atoms with van der Waals surface area (Å²) < 4.78 is 64.3. The summed E-state index contributed by atoms with van der Waals surface area (Å²) >= 11 is 0. The number of nitrogens with zero attached hydrogens (tertiary/aromatic N) is 22. The Kier molecular flexibility index (Phi) is 44.7. The molecule has 15 heterocycles. The number of aromatic nitrogens is 20. The summed E-state index contributed by atoms with van der Waals surface area (Å²) in [5, 5.41) is 57.0. The van der Waals surface area contributed by atoms with E-state index in [1.807, 2.05) is 97.6 Å². The summed E-state index contributed by atoms with van der Waals surface area (Å²) in [4.78, 5) is 81.4. The van der Waals surface area contributed by atoms with Gasteiger partial charge in [-0.3, -0.25) is 0 Å². The lowest BCUT2D eigenvalue weighted by molar-refractivity contribution is -0.111. The minimum Gasteiger partial charge on any atom is -0.459 e. The third kappa shape index (κ3) is 35.7. The number of anilines is 5. The van der Waals surface area contributed by atoms with Crippen LogP contribution in [0.15, 0.2) is 37.2 Å². The quantitative estimate of drug-likeness (QED) is 0.0130. The highest BCUT2D eigenvalue weighted by Gasteiger charge is 2.34. The Balaban J connectivity index is 0.000000181. The van der Waals surface area contributed by atoms with E-state index in [9.17, 15) is 24.6 Å². The lowest BCUT2D eigenvalue weighted by Crippen LogP contribution is -2.37. The minimum atomic E-state index is -0.873. The Morgan fingerprint density at radius 2 is 0.825 bits per heavy atom. The number of nitrogens with two attached hydrogens (primary N) is 3. The number of hydrogen-bond acceptors (Lipinski definition) is 35. The smallest absolute Gasteiger partial charge is 0.410 e. The molecule has 10 aromatic heterocycles. The van der Waals surface area contributed by atoms with E-state index >= 15 is 0 Å². The monoisotopic (exact) mass is 1980 g/mol. The molecule has 12 atom stereocenters. The molecule has 5 aliphatic rings. The molecule has 5 saturated heterocycles. The Morgan fingerprint density at radius 1 is 0.462 bits per heavy atom. The normalized spacial score (nSPS) is 19.3. The molecule has 0 saturated carbocycles. The average molecular weight is 1980 g/mol. The molecule has 10 aromatic rings. The van der Waals surface area contributed by atoms with E-state index < -0.39 is 23.4 Å². The standard InChI is InChI=1S/C23H37B2N6O4.C17H28N6O2.2C17H28N6O.C12H21NO3.C11H16B2N5O/c1-6-8-15(2)34-21-28-19(27-14-25-24)20-26-13-17(31(20)29-21)18(32)16-9-7-11-30(12-10-16)22(33)35-23(3,4)5;1-3-5-11(2)25-17-21-15(18)16-20-10-13(23(16)22-17)14(24)12-6-4-8-19-9-7-12;2*1-3-5-12(2)24-17-21-15(18)16-20-11-14(23(16)22-17)10-13-6-4-8-19-9-7-13;1-12(2,3)16-11(15)13-7-4-5-10(9-14)6-8-13;1-3-4-8(2)19-11-16-9(15-7-13-12)10-14-5-6-18(10)17-11/h13,15-16,18,32H,6-12,14H2,1-5H3,(H,27,28,29);10-12,14,19,24H,3-9H2,1-2H3,(H2,18,21,22);2*11-13,19H,3-10H2,1-2H3,(H2,18,21,22);9-10H,4-8H2,1-3H3;5-6,8H,3-4,7H2,1-2H3,(H,15,16,17)/t15-,16?,18?;11-,12?,14?;2*12-,13?;;8-/m0000.0/s1/i/hD2. The maximum absolute atomic E-state index is 12.5. The molecule has 42 nitrogen and oxygen atoms in total. The van der Waals surface area contributed by atoms with Crippen LogP contribution in [0, 0.1) is 29.6 Å². The lowest BCUT2D eigenvalue weighted by Gasteiger charge is -2.26. The number of rotatable bonds is 35. The molecule has 46 heteroatoms. The summed E-state index contributed by atoms with van der Waals surface area (Å²) in [5.74, 6) is 3.08. The lowest BCUT2D eigenvalue weighted by atomic mass is 9.56. The van der Waals surface area contributed by atoms with Crippen LogP contribution in [0.2, 0.25) is 2.82 Å². The Labute approximate surface area is 849 Å². The summed E-state index contributed by atoms with van der Waals surface area (Å²) in [5.41, 5.74) is 22.9. The Morgan fingerprint density at radius 3 is 1.26 bits per heavy atom. The van der Waals surface area contributed by atoms with Gasteiger partial charge in [0.25, 0.3) is 0 Å². The van der Waals surface area contributed by atoms with Crippen LogP contribution in [0.5, 0.6) is 30.1 Å². The van der Waals surface area contributed by atoms with Gasteiger partial charge < -0.3 is 102 Å². The molecule has 0 aromatic carbocycles. The van der Waals surface area contributed by atoms with Crippen molar-refractivity contribution in [3.63, 3.8) is 0 Å². The van der Waals surface area contributed by atoms with Gasteiger partial charge in [-0.1, -0.05) is 66.7 Å². The van der Waals surface area contributed by atoms with Gasteiger partial charge in [-0.05, 0) is 293 Å². The Hall–Kier alpha value is -11.0. The van der Waals surface area contributed by atoms with E-state index in [4.69, 9.17) is 68.7 Å². The van der Waals surface area contributed by atoms with Crippen LogP contribution in [0.4, 0.5) is 38.7 Å². The average Bonchev–Trinajstić information content (AvgIpc) is 1.44. The van der Waals surface area contributed by atoms with Crippen molar-refractivity contribution in [1.29, 1.82) is 0 Å². The first-order chi connectivity index (χ1) is 69.5. The minimum absolute atomic E-state index is 0.00618. The molecule has 2 amide bonds. The van der Waals surface area contributed by atoms with Crippen LogP contribution >= 0.6 is 0 Å². The highest BCUT2D eigenvalue weighted by atomic mass is 16.6. The van der Waals surface area contributed by atoms with Gasteiger partial charge in [-0.25, -0.2) is 57.1 Å². The molecular formula is C97H158B4N30O12. The molecule has 0 spiro atoms. The van der Waals surface area contributed by atoms with Gasteiger partial charge in [0.15, 0.2) is 60.1 Å². The molecule has 7 unspecified atom stereocenters. The van der Waals surface area contributed by atoms with Crippen molar-refractivity contribution >= 4 is 106 Å². The molecule has 13 N–H and O–H groups in total. The predicted octanol–water partition coefficient (Wildman–Crippen LogP) is 12.1. The molecule has 6 radical (unpaired) electrons. The number of fused-ring (bicyclic) bond motifs is 5. The second-order valence-corrected chi connectivity index (χ2v) is 39.8.